The molecule has 1 aromatic rings. The Balaban J connectivity index is 1.83. The Morgan fingerprint density at radius 3 is 3.14 bits per heavy atom. The van der Waals surface area contributed by atoms with Crippen molar-refractivity contribution in [2.24, 2.45) is 0 Å². The molecular formula is C11H18N2O. The Hall–Kier alpha value is -0.800. The van der Waals surface area contributed by atoms with Crippen LogP contribution in [-0.4, -0.2) is 31.1 Å². The van der Waals surface area contributed by atoms with Gasteiger partial charge in [-0.05, 0) is 38.1 Å². The third-order valence-electron chi connectivity index (χ3n) is 2.64. The number of furan rings is 1. The summed E-state index contributed by atoms with van der Waals surface area (Å²) in [6, 6.07) is 4.00. The van der Waals surface area contributed by atoms with E-state index in [0.717, 1.165) is 25.4 Å². The van der Waals surface area contributed by atoms with Gasteiger partial charge >= 0.3 is 0 Å². The van der Waals surface area contributed by atoms with Crippen molar-refractivity contribution >= 4 is 0 Å². The predicted octanol–water partition coefficient (Wildman–Crippen LogP) is 1.46. The van der Waals surface area contributed by atoms with E-state index in [1.54, 1.807) is 6.26 Å². The molecule has 3 heteroatoms. The zero-order valence-electron chi connectivity index (χ0n) is 8.54. The normalized spacial score (nSPS) is 20.3. The van der Waals surface area contributed by atoms with Crippen LogP contribution in [0.3, 0.4) is 0 Å². The summed E-state index contributed by atoms with van der Waals surface area (Å²) in [5.41, 5.74) is 0. The van der Waals surface area contributed by atoms with Gasteiger partial charge in [-0.25, -0.2) is 0 Å². The molecule has 3 nitrogen and oxygen atoms in total. The highest BCUT2D eigenvalue weighted by atomic mass is 16.3. The summed E-state index contributed by atoms with van der Waals surface area (Å²) in [6.45, 7) is 5.55. The molecule has 1 saturated heterocycles. The molecule has 14 heavy (non-hydrogen) atoms. The molecule has 0 bridgehead atoms. The van der Waals surface area contributed by atoms with Crippen LogP contribution in [0.25, 0.3) is 0 Å². The summed E-state index contributed by atoms with van der Waals surface area (Å²) >= 11 is 0. The average Bonchev–Trinajstić information content (AvgIpc) is 2.62. The molecule has 2 heterocycles. The van der Waals surface area contributed by atoms with Crippen LogP contribution in [-0.2, 0) is 6.54 Å². The molecule has 0 spiro atoms. The van der Waals surface area contributed by atoms with Gasteiger partial charge in [-0.15, -0.1) is 0 Å². The molecule has 0 saturated carbocycles. The lowest BCUT2D eigenvalue weighted by Crippen LogP contribution is -2.35. The first-order chi connectivity index (χ1) is 6.95. The van der Waals surface area contributed by atoms with Gasteiger partial charge in [0.15, 0.2) is 0 Å². The van der Waals surface area contributed by atoms with Crippen LogP contribution in [0.5, 0.6) is 0 Å². The molecule has 1 aliphatic rings. The topological polar surface area (TPSA) is 28.4 Å². The lowest BCUT2D eigenvalue weighted by molar-refractivity contribution is 0.228. The molecule has 1 fully saturated rings. The summed E-state index contributed by atoms with van der Waals surface area (Å²) in [7, 11) is 0. The molecular weight excluding hydrogens is 176 g/mol. The van der Waals surface area contributed by atoms with Crippen molar-refractivity contribution in [3.05, 3.63) is 24.2 Å². The maximum absolute atomic E-state index is 5.35. The largest absolute Gasteiger partial charge is 0.468 e. The second-order valence-electron chi connectivity index (χ2n) is 3.81. The molecule has 0 aliphatic carbocycles. The van der Waals surface area contributed by atoms with E-state index in [0.29, 0.717) is 0 Å². The van der Waals surface area contributed by atoms with Crippen LogP contribution >= 0.6 is 0 Å². The van der Waals surface area contributed by atoms with Gasteiger partial charge in [-0.2, -0.15) is 0 Å². The Bertz CT molecular complexity index is 238. The van der Waals surface area contributed by atoms with E-state index >= 15 is 0 Å². The fourth-order valence-electron chi connectivity index (χ4n) is 1.84. The maximum atomic E-state index is 5.35. The number of hydrogen-bond donors (Lipinski definition) is 1. The zero-order valence-corrected chi connectivity index (χ0v) is 8.54. The van der Waals surface area contributed by atoms with E-state index in [-0.39, 0.29) is 0 Å². The van der Waals surface area contributed by atoms with Gasteiger partial charge in [-0.1, -0.05) is 0 Å². The van der Waals surface area contributed by atoms with Crippen LogP contribution in [0.2, 0.25) is 0 Å². The standard InChI is InChI=1S/C11H18N2O/c1-2-7-13(8-6-12-5-1)10-11-4-3-9-14-11/h3-4,9,12H,1-2,5-8,10H2. The highest BCUT2D eigenvalue weighted by molar-refractivity contribution is 4.97. The molecule has 0 radical (unpaired) electrons. The number of rotatable bonds is 2. The third kappa shape index (κ3) is 2.86. The van der Waals surface area contributed by atoms with Gasteiger partial charge in [0.1, 0.15) is 5.76 Å². The van der Waals surface area contributed by atoms with Crippen LogP contribution in [0.15, 0.2) is 22.8 Å². The Labute approximate surface area is 85.1 Å². The fourth-order valence-corrected chi connectivity index (χ4v) is 1.84. The Morgan fingerprint density at radius 1 is 1.29 bits per heavy atom. The fraction of sp³-hybridized carbons (Fsp3) is 0.636. The van der Waals surface area contributed by atoms with E-state index in [4.69, 9.17) is 4.42 Å². The quantitative estimate of drug-likeness (QED) is 0.772. The SMILES string of the molecule is c1coc(CN2CCCCNCC2)c1. The molecule has 78 valence electrons. The maximum Gasteiger partial charge on any atom is 0.117 e. The van der Waals surface area contributed by atoms with Crippen molar-refractivity contribution in [1.29, 1.82) is 0 Å². The predicted molar refractivity (Wildman–Crippen MR) is 56.1 cm³/mol. The highest BCUT2D eigenvalue weighted by Crippen LogP contribution is 2.07. The highest BCUT2D eigenvalue weighted by Gasteiger charge is 2.08. The van der Waals surface area contributed by atoms with Crippen molar-refractivity contribution in [3.8, 4) is 0 Å². The number of nitrogens with zero attached hydrogens (tertiary/aromatic N) is 1. The smallest absolute Gasteiger partial charge is 0.117 e. The van der Waals surface area contributed by atoms with Crippen molar-refractivity contribution in [1.82, 2.24) is 10.2 Å². The third-order valence-corrected chi connectivity index (χ3v) is 2.64. The van der Waals surface area contributed by atoms with Gasteiger partial charge in [0, 0.05) is 13.1 Å². The lowest BCUT2D eigenvalue weighted by Gasteiger charge is -2.23. The number of hydrogen-bond acceptors (Lipinski definition) is 3. The zero-order chi connectivity index (χ0) is 9.64. The lowest BCUT2D eigenvalue weighted by atomic mass is 10.2. The van der Waals surface area contributed by atoms with Crippen LogP contribution in [0.1, 0.15) is 18.6 Å². The first-order valence-electron chi connectivity index (χ1n) is 5.40. The summed E-state index contributed by atoms with van der Waals surface area (Å²) in [4.78, 5) is 2.45. The molecule has 1 aromatic heterocycles. The van der Waals surface area contributed by atoms with Gasteiger partial charge in [-0.3, -0.25) is 4.90 Å². The van der Waals surface area contributed by atoms with E-state index in [1.165, 1.54) is 25.9 Å². The minimum Gasteiger partial charge on any atom is -0.468 e. The van der Waals surface area contributed by atoms with E-state index in [9.17, 15) is 0 Å². The molecule has 0 atom stereocenters. The van der Waals surface area contributed by atoms with Crippen molar-refractivity contribution < 1.29 is 4.42 Å². The van der Waals surface area contributed by atoms with Crippen LogP contribution < -0.4 is 5.32 Å². The van der Waals surface area contributed by atoms with Crippen LogP contribution in [0.4, 0.5) is 0 Å². The van der Waals surface area contributed by atoms with E-state index in [1.807, 2.05) is 12.1 Å². The average molecular weight is 194 g/mol. The van der Waals surface area contributed by atoms with Crippen molar-refractivity contribution in [3.63, 3.8) is 0 Å². The number of nitrogens with one attached hydrogen (secondary N) is 1. The minimum absolute atomic E-state index is 0.953. The van der Waals surface area contributed by atoms with Crippen LogP contribution in [0, 0.1) is 0 Å². The minimum atomic E-state index is 0.953. The first kappa shape index (κ1) is 9.74. The molecule has 0 aromatic carbocycles. The Kier molecular flexibility index (Phi) is 3.60. The molecule has 0 unspecified atom stereocenters. The van der Waals surface area contributed by atoms with E-state index < -0.39 is 0 Å². The molecule has 2 rings (SSSR count). The summed E-state index contributed by atoms with van der Waals surface area (Å²) in [5, 5.41) is 3.42. The second kappa shape index (κ2) is 5.17. The monoisotopic (exact) mass is 194 g/mol. The summed E-state index contributed by atoms with van der Waals surface area (Å²) in [6.07, 6.45) is 4.32. The molecule has 0 amide bonds. The van der Waals surface area contributed by atoms with Gasteiger partial charge in [0.25, 0.3) is 0 Å². The molecule has 1 aliphatic heterocycles. The van der Waals surface area contributed by atoms with Crippen molar-refractivity contribution in [2.75, 3.05) is 26.2 Å². The first-order valence-corrected chi connectivity index (χ1v) is 5.40. The van der Waals surface area contributed by atoms with Gasteiger partial charge in [0.2, 0.25) is 0 Å². The Morgan fingerprint density at radius 2 is 2.29 bits per heavy atom. The molecule has 1 N–H and O–H groups in total. The van der Waals surface area contributed by atoms with Crippen molar-refractivity contribution in [2.45, 2.75) is 19.4 Å². The van der Waals surface area contributed by atoms with Gasteiger partial charge in [0.05, 0.1) is 12.8 Å². The van der Waals surface area contributed by atoms with E-state index in [2.05, 4.69) is 10.2 Å². The second-order valence-corrected chi connectivity index (χ2v) is 3.81. The summed E-state index contributed by atoms with van der Waals surface area (Å²) < 4.78 is 5.35. The van der Waals surface area contributed by atoms with Gasteiger partial charge < -0.3 is 9.73 Å². The summed E-state index contributed by atoms with van der Waals surface area (Å²) in [5.74, 6) is 1.07.